The van der Waals surface area contributed by atoms with Crippen LogP contribution >= 0.6 is 0 Å². The van der Waals surface area contributed by atoms with Crippen LogP contribution in [0.1, 0.15) is 19.4 Å². The summed E-state index contributed by atoms with van der Waals surface area (Å²) in [6.45, 7) is 4.16. The number of aliphatic hydroxyl groups is 1. The molecule has 0 aliphatic carbocycles. The highest BCUT2D eigenvalue weighted by atomic mass is 16.5. The van der Waals surface area contributed by atoms with Gasteiger partial charge in [0.15, 0.2) is 0 Å². The molecule has 0 radical (unpaired) electrons. The zero-order chi connectivity index (χ0) is 15.0. The lowest BCUT2D eigenvalue weighted by Gasteiger charge is -2.17. The molecule has 1 aromatic rings. The number of nitrogens with one attached hydrogen (secondary N) is 1. The van der Waals surface area contributed by atoms with Crippen LogP contribution in [0.3, 0.4) is 0 Å². The van der Waals surface area contributed by atoms with Gasteiger partial charge < -0.3 is 19.9 Å². The Balaban J connectivity index is 2.47. The van der Waals surface area contributed by atoms with Gasteiger partial charge in [-0.1, -0.05) is 26.0 Å². The molecule has 0 heterocycles. The molecule has 0 unspecified atom stereocenters. The predicted molar refractivity (Wildman–Crippen MR) is 76.9 cm³/mol. The zero-order valence-electron chi connectivity index (χ0n) is 12.3. The number of carbonyl (C=O) groups excluding carboxylic acids is 1. The van der Waals surface area contributed by atoms with E-state index in [1.807, 2.05) is 38.1 Å². The molecule has 0 aliphatic rings. The topological polar surface area (TPSA) is 67.8 Å². The Kier molecular flexibility index (Phi) is 6.87. The molecular weight excluding hydrogens is 258 g/mol. The third kappa shape index (κ3) is 5.93. The van der Waals surface area contributed by atoms with Crippen molar-refractivity contribution >= 4 is 6.09 Å². The number of carbonyl (C=O) groups is 1. The summed E-state index contributed by atoms with van der Waals surface area (Å²) in [6.07, 6.45) is 0.0448. The first-order chi connectivity index (χ1) is 9.55. The van der Waals surface area contributed by atoms with Gasteiger partial charge in [0.05, 0.1) is 26.4 Å². The van der Waals surface area contributed by atoms with Crippen molar-refractivity contribution in [2.75, 3.05) is 20.3 Å². The van der Waals surface area contributed by atoms with Crippen molar-refractivity contribution in [2.24, 2.45) is 5.92 Å². The Hall–Kier alpha value is -1.75. The van der Waals surface area contributed by atoms with Crippen LogP contribution in [-0.2, 0) is 11.2 Å². The van der Waals surface area contributed by atoms with Gasteiger partial charge in [0.2, 0.25) is 0 Å². The number of hydrogen-bond acceptors (Lipinski definition) is 4. The van der Waals surface area contributed by atoms with Crippen molar-refractivity contribution in [3.63, 3.8) is 0 Å². The summed E-state index contributed by atoms with van der Waals surface area (Å²) in [4.78, 5) is 11.5. The number of hydrogen-bond donors (Lipinski definition) is 2. The molecule has 0 aliphatic heterocycles. The second-order valence-corrected chi connectivity index (χ2v) is 5.07. The van der Waals surface area contributed by atoms with Crippen LogP contribution in [0.15, 0.2) is 24.3 Å². The minimum absolute atomic E-state index is 0.136. The largest absolute Gasteiger partial charge is 0.497 e. The minimum atomic E-state index is -0.494. The van der Waals surface area contributed by atoms with E-state index in [0.29, 0.717) is 13.0 Å². The monoisotopic (exact) mass is 281 g/mol. The molecule has 20 heavy (non-hydrogen) atoms. The van der Waals surface area contributed by atoms with E-state index in [0.717, 1.165) is 11.3 Å². The standard InChI is InChI=1S/C15H23NO4/c1-11(2)10-20-15(18)16-13(9-17)8-12-4-6-14(19-3)7-5-12/h4-7,11,13,17H,8-10H2,1-3H3,(H,16,18)/t13-/m0/s1. The van der Waals surface area contributed by atoms with Crippen molar-refractivity contribution in [3.8, 4) is 5.75 Å². The van der Waals surface area contributed by atoms with Gasteiger partial charge in [-0.3, -0.25) is 0 Å². The van der Waals surface area contributed by atoms with Crippen LogP contribution in [0, 0.1) is 5.92 Å². The summed E-state index contributed by atoms with van der Waals surface area (Å²) in [7, 11) is 1.61. The maximum atomic E-state index is 11.5. The summed E-state index contributed by atoms with van der Waals surface area (Å²) in [5.41, 5.74) is 1.01. The van der Waals surface area contributed by atoms with E-state index >= 15 is 0 Å². The molecule has 0 aromatic heterocycles. The van der Waals surface area contributed by atoms with E-state index in [9.17, 15) is 9.90 Å². The molecule has 0 bridgehead atoms. The van der Waals surface area contributed by atoms with Gasteiger partial charge in [-0.25, -0.2) is 4.79 Å². The molecule has 0 fully saturated rings. The third-order valence-electron chi connectivity index (χ3n) is 2.73. The van der Waals surface area contributed by atoms with E-state index in [1.54, 1.807) is 7.11 Å². The number of ether oxygens (including phenoxy) is 2. The quantitative estimate of drug-likeness (QED) is 0.802. The molecule has 2 N–H and O–H groups in total. The van der Waals surface area contributed by atoms with Crippen LogP contribution in [0.5, 0.6) is 5.75 Å². The van der Waals surface area contributed by atoms with Gasteiger partial charge in [0, 0.05) is 0 Å². The normalized spacial score (nSPS) is 12.1. The average molecular weight is 281 g/mol. The molecule has 0 saturated carbocycles. The van der Waals surface area contributed by atoms with Crippen molar-refractivity contribution in [2.45, 2.75) is 26.3 Å². The Morgan fingerprint density at radius 3 is 2.45 bits per heavy atom. The first kappa shape index (κ1) is 16.3. The Morgan fingerprint density at radius 1 is 1.30 bits per heavy atom. The zero-order valence-corrected chi connectivity index (χ0v) is 12.3. The van der Waals surface area contributed by atoms with Crippen molar-refractivity contribution in [3.05, 3.63) is 29.8 Å². The maximum Gasteiger partial charge on any atom is 0.407 e. The summed E-state index contributed by atoms with van der Waals surface area (Å²) in [5.74, 6) is 1.06. The van der Waals surface area contributed by atoms with Crippen LogP contribution in [-0.4, -0.2) is 37.6 Å². The molecule has 112 valence electrons. The third-order valence-corrected chi connectivity index (χ3v) is 2.73. The van der Waals surface area contributed by atoms with E-state index in [1.165, 1.54) is 0 Å². The fraction of sp³-hybridized carbons (Fsp3) is 0.533. The lowest BCUT2D eigenvalue weighted by Crippen LogP contribution is -2.39. The lowest BCUT2D eigenvalue weighted by atomic mass is 10.1. The van der Waals surface area contributed by atoms with Crippen LogP contribution in [0.4, 0.5) is 4.79 Å². The van der Waals surface area contributed by atoms with Gasteiger partial charge >= 0.3 is 6.09 Å². The van der Waals surface area contributed by atoms with E-state index in [-0.39, 0.29) is 18.6 Å². The summed E-state index contributed by atoms with van der Waals surface area (Å²) in [6, 6.07) is 7.15. The van der Waals surface area contributed by atoms with Gasteiger partial charge in [-0.05, 0) is 30.0 Å². The van der Waals surface area contributed by atoms with Gasteiger partial charge in [0.25, 0.3) is 0 Å². The molecule has 0 saturated heterocycles. The predicted octanol–water partition coefficient (Wildman–Crippen LogP) is 1.98. The fourth-order valence-electron chi connectivity index (χ4n) is 1.66. The van der Waals surface area contributed by atoms with Crippen molar-refractivity contribution in [1.82, 2.24) is 5.32 Å². The summed E-state index contributed by atoms with van der Waals surface area (Å²) >= 11 is 0. The fourth-order valence-corrected chi connectivity index (χ4v) is 1.66. The first-order valence-corrected chi connectivity index (χ1v) is 6.72. The minimum Gasteiger partial charge on any atom is -0.497 e. The van der Waals surface area contributed by atoms with Crippen LogP contribution in [0.25, 0.3) is 0 Å². The highest BCUT2D eigenvalue weighted by Gasteiger charge is 2.13. The molecule has 5 nitrogen and oxygen atoms in total. The average Bonchev–Trinajstić information content (AvgIpc) is 2.45. The van der Waals surface area contributed by atoms with Gasteiger partial charge in [0.1, 0.15) is 5.75 Å². The molecule has 0 spiro atoms. The Bertz CT molecular complexity index is 403. The molecule has 1 atom stereocenters. The number of alkyl carbamates (subject to hydrolysis) is 1. The number of benzene rings is 1. The highest BCUT2D eigenvalue weighted by molar-refractivity contribution is 5.67. The second kappa shape index (κ2) is 8.43. The van der Waals surface area contributed by atoms with Crippen molar-refractivity contribution < 1.29 is 19.4 Å². The SMILES string of the molecule is COc1ccc(C[C@@H](CO)NC(=O)OCC(C)C)cc1. The highest BCUT2D eigenvalue weighted by Crippen LogP contribution is 2.12. The maximum absolute atomic E-state index is 11.5. The molecule has 1 rings (SSSR count). The molecular formula is C15H23NO4. The Morgan fingerprint density at radius 2 is 1.95 bits per heavy atom. The number of aliphatic hydroxyl groups excluding tert-OH is 1. The van der Waals surface area contributed by atoms with E-state index in [4.69, 9.17) is 9.47 Å². The van der Waals surface area contributed by atoms with E-state index in [2.05, 4.69) is 5.32 Å². The first-order valence-electron chi connectivity index (χ1n) is 6.72. The van der Waals surface area contributed by atoms with Crippen LogP contribution in [0.2, 0.25) is 0 Å². The van der Waals surface area contributed by atoms with Gasteiger partial charge in [-0.2, -0.15) is 0 Å². The second-order valence-electron chi connectivity index (χ2n) is 5.07. The van der Waals surface area contributed by atoms with Crippen LogP contribution < -0.4 is 10.1 Å². The molecule has 5 heteroatoms. The number of rotatable bonds is 7. The lowest BCUT2D eigenvalue weighted by molar-refractivity contribution is 0.123. The van der Waals surface area contributed by atoms with Crippen molar-refractivity contribution in [1.29, 1.82) is 0 Å². The Labute approximate surface area is 119 Å². The smallest absolute Gasteiger partial charge is 0.407 e. The molecule has 1 aromatic carbocycles. The van der Waals surface area contributed by atoms with Gasteiger partial charge in [-0.15, -0.1) is 0 Å². The number of methoxy groups -OCH3 is 1. The molecule has 1 amide bonds. The van der Waals surface area contributed by atoms with E-state index < -0.39 is 6.09 Å². The summed E-state index contributed by atoms with van der Waals surface area (Å²) in [5, 5.41) is 12.0. The number of amides is 1. The summed E-state index contributed by atoms with van der Waals surface area (Å²) < 4.78 is 10.1.